The van der Waals surface area contributed by atoms with Gasteiger partial charge in [-0.3, -0.25) is 0 Å². The third-order valence-electron chi connectivity index (χ3n) is 3.54. The van der Waals surface area contributed by atoms with Gasteiger partial charge < -0.3 is 9.47 Å². The molecule has 0 bridgehead atoms. The Morgan fingerprint density at radius 2 is 1.41 bits per heavy atom. The van der Waals surface area contributed by atoms with Crippen molar-refractivity contribution in [2.75, 3.05) is 6.61 Å². The van der Waals surface area contributed by atoms with Crippen LogP contribution < -0.4 is 0 Å². The Morgan fingerprint density at radius 1 is 0.889 bits per heavy atom. The number of benzene rings is 2. The van der Waals surface area contributed by atoms with E-state index >= 15 is 0 Å². The van der Waals surface area contributed by atoms with Gasteiger partial charge in [-0.25, -0.2) is 9.59 Å². The van der Waals surface area contributed by atoms with Crippen molar-refractivity contribution in [2.24, 2.45) is 5.92 Å². The summed E-state index contributed by atoms with van der Waals surface area (Å²) in [4.78, 5) is 24.6. The Hall–Kier alpha value is -2.83. The summed E-state index contributed by atoms with van der Waals surface area (Å²) in [5.41, 5.74) is -0.633. The molecule has 144 valence electrons. The van der Waals surface area contributed by atoms with Gasteiger partial charge in [0.25, 0.3) is 0 Å². The molecule has 1 unspecified atom stereocenters. The second-order valence-corrected chi connectivity index (χ2v) is 6.28. The number of halogens is 3. The summed E-state index contributed by atoms with van der Waals surface area (Å²) >= 11 is 0. The second-order valence-electron chi connectivity index (χ2n) is 6.28. The van der Waals surface area contributed by atoms with Crippen LogP contribution in [0.5, 0.6) is 0 Å². The van der Waals surface area contributed by atoms with E-state index in [9.17, 15) is 22.8 Å². The normalized spacial score (nSPS) is 12.5. The van der Waals surface area contributed by atoms with Gasteiger partial charge in [0.05, 0.1) is 17.7 Å². The summed E-state index contributed by atoms with van der Waals surface area (Å²) in [6, 6.07) is 12.3. The maximum atomic E-state index is 13.4. The van der Waals surface area contributed by atoms with Gasteiger partial charge in [-0.15, -0.1) is 0 Å². The maximum Gasteiger partial charge on any atom is 0.429 e. The molecule has 27 heavy (non-hydrogen) atoms. The van der Waals surface area contributed by atoms with E-state index in [-0.39, 0.29) is 29.2 Å². The molecule has 0 saturated heterocycles. The van der Waals surface area contributed by atoms with Crippen LogP contribution in [0.25, 0.3) is 0 Å². The Kier molecular flexibility index (Phi) is 6.60. The lowest BCUT2D eigenvalue weighted by Gasteiger charge is -2.21. The number of carbonyl (C=O) groups is 2. The highest BCUT2D eigenvalue weighted by Crippen LogP contribution is 2.36. The summed E-state index contributed by atoms with van der Waals surface area (Å²) < 4.78 is 49.9. The Labute approximate surface area is 154 Å². The van der Waals surface area contributed by atoms with E-state index in [1.54, 1.807) is 6.07 Å². The fourth-order valence-electron chi connectivity index (χ4n) is 2.28. The first kappa shape index (κ1) is 20.5. The van der Waals surface area contributed by atoms with Crippen LogP contribution in [0.3, 0.4) is 0 Å². The lowest BCUT2D eigenvalue weighted by Crippen LogP contribution is -2.27. The van der Waals surface area contributed by atoms with Crippen LogP contribution in [-0.4, -0.2) is 24.7 Å². The van der Waals surface area contributed by atoms with Gasteiger partial charge in [-0.2, -0.15) is 13.2 Å². The predicted octanol–water partition coefficient (Wildman–Crippen LogP) is 4.96. The van der Waals surface area contributed by atoms with Crippen molar-refractivity contribution in [3.05, 3.63) is 71.3 Å². The van der Waals surface area contributed by atoms with Crippen molar-refractivity contribution in [3.8, 4) is 0 Å². The number of carbonyl (C=O) groups excluding carboxylic acids is 2. The maximum absolute atomic E-state index is 13.4. The molecule has 2 aromatic rings. The number of alkyl halides is 3. The quantitative estimate of drug-likeness (QED) is 0.665. The van der Waals surface area contributed by atoms with Crippen molar-refractivity contribution in [1.29, 1.82) is 0 Å². The van der Waals surface area contributed by atoms with Gasteiger partial charge in [0.2, 0.25) is 6.10 Å². The number of ether oxygens (including phenoxy) is 2. The van der Waals surface area contributed by atoms with Crippen molar-refractivity contribution < 1.29 is 32.2 Å². The molecule has 2 rings (SSSR count). The highest BCUT2D eigenvalue weighted by molar-refractivity contribution is 6.03. The number of hydrogen-bond acceptors (Lipinski definition) is 4. The molecule has 1 atom stereocenters. The van der Waals surface area contributed by atoms with Gasteiger partial charge in [0, 0.05) is 5.56 Å². The summed E-state index contributed by atoms with van der Waals surface area (Å²) in [6.07, 6.45) is -7.24. The van der Waals surface area contributed by atoms with E-state index in [0.29, 0.717) is 0 Å². The molecule has 0 radical (unpaired) electrons. The third-order valence-corrected chi connectivity index (χ3v) is 3.54. The molecule has 0 fully saturated rings. The summed E-state index contributed by atoms with van der Waals surface area (Å²) in [5.74, 6) is -1.97. The number of esters is 2. The first-order valence-corrected chi connectivity index (χ1v) is 8.29. The molecule has 0 aliphatic carbocycles. The average molecular weight is 380 g/mol. The van der Waals surface area contributed by atoms with E-state index in [1.165, 1.54) is 48.5 Å². The van der Waals surface area contributed by atoms with E-state index in [1.807, 2.05) is 13.8 Å². The van der Waals surface area contributed by atoms with Gasteiger partial charge >= 0.3 is 18.1 Å². The molecule has 0 saturated carbocycles. The van der Waals surface area contributed by atoms with Crippen LogP contribution in [0.15, 0.2) is 54.6 Å². The molecule has 0 heterocycles. The minimum atomic E-state index is -4.80. The molecule has 0 N–H and O–H groups in total. The molecule has 2 aromatic carbocycles. The van der Waals surface area contributed by atoms with E-state index in [4.69, 9.17) is 9.47 Å². The lowest BCUT2D eigenvalue weighted by atomic mass is 10.1. The minimum absolute atomic E-state index is 0.0701. The second kappa shape index (κ2) is 8.70. The van der Waals surface area contributed by atoms with Crippen molar-refractivity contribution >= 4 is 11.9 Å². The van der Waals surface area contributed by atoms with Gasteiger partial charge in [0.15, 0.2) is 0 Å². The molecule has 7 heteroatoms. The van der Waals surface area contributed by atoms with Crippen molar-refractivity contribution in [2.45, 2.75) is 26.1 Å². The van der Waals surface area contributed by atoms with Crippen LogP contribution in [0.2, 0.25) is 0 Å². The zero-order chi connectivity index (χ0) is 20.0. The smallest absolute Gasteiger partial charge is 0.429 e. The molecule has 0 aliphatic heterocycles. The Bertz CT molecular complexity index is 785. The molecule has 0 spiro atoms. The van der Waals surface area contributed by atoms with E-state index < -0.39 is 24.2 Å². The van der Waals surface area contributed by atoms with Crippen LogP contribution in [0.4, 0.5) is 13.2 Å². The largest absolute Gasteiger partial charge is 0.462 e. The predicted molar refractivity (Wildman–Crippen MR) is 92.2 cm³/mol. The van der Waals surface area contributed by atoms with Crippen LogP contribution >= 0.6 is 0 Å². The molecule has 0 amide bonds. The molecular weight excluding hydrogens is 361 g/mol. The molecule has 0 aromatic heterocycles. The molecular formula is C20H19F3O4. The minimum Gasteiger partial charge on any atom is -0.462 e. The van der Waals surface area contributed by atoms with Gasteiger partial charge in [-0.1, -0.05) is 56.3 Å². The highest BCUT2D eigenvalue weighted by atomic mass is 19.4. The van der Waals surface area contributed by atoms with E-state index in [0.717, 1.165) is 0 Å². The monoisotopic (exact) mass is 380 g/mol. The summed E-state index contributed by atoms with van der Waals surface area (Å²) in [6.45, 7) is 3.79. The standard InChI is InChI=1S/C20H19F3O4/c1-13(2)12-26-18(24)15-10-6-7-11-16(15)19(25)27-17(20(21,22)23)14-8-4-3-5-9-14/h3-11,13,17H,12H2,1-2H3. The zero-order valence-electron chi connectivity index (χ0n) is 14.8. The van der Waals surface area contributed by atoms with Crippen LogP contribution in [0.1, 0.15) is 46.2 Å². The van der Waals surface area contributed by atoms with Gasteiger partial charge in [0.1, 0.15) is 0 Å². The number of rotatable bonds is 6. The van der Waals surface area contributed by atoms with Gasteiger partial charge in [-0.05, 0) is 18.1 Å². The highest BCUT2D eigenvalue weighted by Gasteiger charge is 2.44. The first-order valence-electron chi connectivity index (χ1n) is 8.29. The third kappa shape index (κ3) is 5.57. The number of hydrogen-bond donors (Lipinski definition) is 0. The Morgan fingerprint density at radius 3 is 1.93 bits per heavy atom. The summed E-state index contributed by atoms with van der Waals surface area (Å²) in [5, 5.41) is 0. The van der Waals surface area contributed by atoms with Crippen LogP contribution in [0, 0.1) is 5.92 Å². The SMILES string of the molecule is CC(C)COC(=O)c1ccccc1C(=O)OC(c1ccccc1)C(F)(F)F. The summed E-state index contributed by atoms with van der Waals surface area (Å²) in [7, 11) is 0. The molecule has 4 nitrogen and oxygen atoms in total. The Balaban J connectivity index is 2.28. The topological polar surface area (TPSA) is 52.6 Å². The van der Waals surface area contributed by atoms with Crippen molar-refractivity contribution in [1.82, 2.24) is 0 Å². The van der Waals surface area contributed by atoms with Crippen LogP contribution in [-0.2, 0) is 9.47 Å². The lowest BCUT2D eigenvalue weighted by molar-refractivity contribution is -0.207. The zero-order valence-corrected chi connectivity index (χ0v) is 14.8. The fourth-order valence-corrected chi connectivity index (χ4v) is 2.28. The van der Waals surface area contributed by atoms with Crippen molar-refractivity contribution in [3.63, 3.8) is 0 Å². The fraction of sp³-hybridized carbons (Fsp3) is 0.300. The van der Waals surface area contributed by atoms with E-state index in [2.05, 4.69) is 0 Å². The first-order chi connectivity index (χ1) is 12.7. The molecule has 0 aliphatic rings. The average Bonchev–Trinajstić information content (AvgIpc) is 2.63.